The van der Waals surface area contributed by atoms with Crippen molar-refractivity contribution in [3.05, 3.63) is 70.3 Å². The Morgan fingerprint density at radius 3 is 3.04 bits per heavy atom. The Bertz CT molecular complexity index is 1240. The molecule has 7 heteroatoms. The van der Waals surface area contributed by atoms with Crippen molar-refractivity contribution in [1.82, 2.24) is 13.8 Å². The van der Waals surface area contributed by atoms with Crippen molar-refractivity contribution >= 4 is 33.9 Å². The standard InChI is InChI=1S/C20H16N4O2S/c1-13-10-24-17(14(2)22-20(24)27-13)6-7-19(25)26-12-15-11-23-8-4-3-5-18(23)16(15)9-21/h3-8,10-11H,12H2,1-2H3/b7-6+. The number of nitriles is 1. The van der Waals surface area contributed by atoms with Gasteiger partial charge in [-0.1, -0.05) is 6.07 Å². The van der Waals surface area contributed by atoms with E-state index in [2.05, 4.69) is 11.1 Å². The van der Waals surface area contributed by atoms with E-state index < -0.39 is 5.97 Å². The first-order valence-electron chi connectivity index (χ1n) is 8.35. The van der Waals surface area contributed by atoms with E-state index in [4.69, 9.17) is 4.74 Å². The molecule has 0 aliphatic carbocycles. The van der Waals surface area contributed by atoms with Gasteiger partial charge >= 0.3 is 5.97 Å². The van der Waals surface area contributed by atoms with Gasteiger partial charge in [0, 0.05) is 35.1 Å². The Morgan fingerprint density at radius 2 is 2.22 bits per heavy atom. The van der Waals surface area contributed by atoms with E-state index >= 15 is 0 Å². The fourth-order valence-electron chi connectivity index (χ4n) is 3.04. The van der Waals surface area contributed by atoms with Gasteiger partial charge in [0.2, 0.25) is 0 Å². The van der Waals surface area contributed by atoms with Crippen LogP contribution in [0.25, 0.3) is 16.6 Å². The number of esters is 1. The predicted molar refractivity (Wildman–Crippen MR) is 103 cm³/mol. The molecule has 0 radical (unpaired) electrons. The van der Waals surface area contributed by atoms with Crippen molar-refractivity contribution in [2.45, 2.75) is 20.5 Å². The van der Waals surface area contributed by atoms with Crippen LogP contribution in [0.1, 0.15) is 27.4 Å². The molecule has 0 N–H and O–H groups in total. The maximum absolute atomic E-state index is 12.2. The van der Waals surface area contributed by atoms with E-state index in [1.165, 1.54) is 6.08 Å². The van der Waals surface area contributed by atoms with Crippen molar-refractivity contribution in [1.29, 1.82) is 5.26 Å². The monoisotopic (exact) mass is 376 g/mol. The molecule has 27 heavy (non-hydrogen) atoms. The van der Waals surface area contributed by atoms with Crippen LogP contribution in [0.15, 0.2) is 42.9 Å². The predicted octanol–water partition coefficient (Wildman–Crippen LogP) is 3.89. The molecule has 4 rings (SSSR count). The third kappa shape index (κ3) is 3.11. The normalized spacial score (nSPS) is 11.4. The quantitative estimate of drug-likeness (QED) is 0.400. The van der Waals surface area contributed by atoms with E-state index in [9.17, 15) is 10.1 Å². The molecule has 0 spiro atoms. The number of fused-ring (bicyclic) bond motifs is 2. The zero-order valence-corrected chi connectivity index (χ0v) is 15.7. The molecule has 0 bridgehead atoms. The van der Waals surface area contributed by atoms with Crippen LogP contribution in [-0.4, -0.2) is 19.8 Å². The van der Waals surface area contributed by atoms with Gasteiger partial charge in [-0.2, -0.15) is 5.26 Å². The Balaban J connectivity index is 1.51. The lowest BCUT2D eigenvalue weighted by atomic mass is 10.2. The summed E-state index contributed by atoms with van der Waals surface area (Å²) in [6, 6.07) is 7.80. The van der Waals surface area contributed by atoms with Crippen LogP contribution in [0.3, 0.4) is 0 Å². The SMILES string of the molecule is Cc1cn2c(/C=C/C(=O)OCc3cn4ccccc4c3C#N)c(C)nc2s1. The van der Waals surface area contributed by atoms with Gasteiger partial charge in [-0.3, -0.25) is 4.40 Å². The summed E-state index contributed by atoms with van der Waals surface area (Å²) in [5.74, 6) is -0.463. The molecule has 0 amide bonds. The zero-order chi connectivity index (χ0) is 19.0. The van der Waals surface area contributed by atoms with Gasteiger partial charge in [-0.15, -0.1) is 11.3 Å². The number of pyridine rings is 1. The van der Waals surface area contributed by atoms with Crippen LogP contribution in [0.2, 0.25) is 0 Å². The fourth-order valence-corrected chi connectivity index (χ4v) is 3.92. The summed E-state index contributed by atoms with van der Waals surface area (Å²) in [5.41, 5.74) is 3.72. The van der Waals surface area contributed by atoms with Gasteiger partial charge in [0.1, 0.15) is 12.7 Å². The highest BCUT2D eigenvalue weighted by molar-refractivity contribution is 7.17. The first-order chi connectivity index (χ1) is 13.1. The van der Waals surface area contributed by atoms with Crippen LogP contribution in [-0.2, 0) is 16.1 Å². The Kier molecular flexibility index (Phi) is 4.26. The topological polar surface area (TPSA) is 71.8 Å². The van der Waals surface area contributed by atoms with Gasteiger partial charge in [0.05, 0.1) is 22.5 Å². The second-order valence-electron chi connectivity index (χ2n) is 6.15. The Labute approximate surface area is 159 Å². The van der Waals surface area contributed by atoms with Crippen molar-refractivity contribution in [2.24, 2.45) is 0 Å². The van der Waals surface area contributed by atoms with Crippen molar-refractivity contribution < 1.29 is 9.53 Å². The molecule has 0 saturated heterocycles. The minimum absolute atomic E-state index is 0.0477. The molecule has 134 valence electrons. The lowest BCUT2D eigenvalue weighted by Crippen LogP contribution is -2.01. The number of aryl methyl sites for hydroxylation is 2. The number of rotatable bonds is 4. The third-order valence-corrected chi connectivity index (χ3v) is 5.18. The van der Waals surface area contributed by atoms with E-state index in [0.29, 0.717) is 11.1 Å². The minimum Gasteiger partial charge on any atom is -0.458 e. The van der Waals surface area contributed by atoms with Crippen LogP contribution in [0.4, 0.5) is 0 Å². The summed E-state index contributed by atoms with van der Waals surface area (Å²) < 4.78 is 9.15. The average Bonchev–Trinajstić information content (AvgIpc) is 3.27. The summed E-state index contributed by atoms with van der Waals surface area (Å²) in [4.78, 5) is 18.7. The number of aromatic nitrogens is 3. The molecule has 0 fully saturated rings. The van der Waals surface area contributed by atoms with Gasteiger partial charge in [-0.05, 0) is 32.1 Å². The van der Waals surface area contributed by atoms with Crippen molar-refractivity contribution in [2.75, 3.05) is 0 Å². The number of imidazole rings is 1. The number of carbonyl (C=O) groups excluding carboxylic acids is 1. The number of hydrogen-bond donors (Lipinski definition) is 0. The second-order valence-corrected chi connectivity index (χ2v) is 7.37. The van der Waals surface area contributed by atoms with Gasteiger partial charge in [0.25, 0.3) is 0 Å². The first-order valence-corrected chi connectivity index (χ1v) is 9.17. The molecule has 4 aromatic rings. The van der Waals surface area contributed by atoms with E-state index in [1.807, 2.05) is 59.4 Å². The summed E-state index contributed by atoms with van der Waals surface area (Å²) >= 11 is 1.60. The number of carbonyl (C=O) groups is 1. The van der Waals surface area contributed by atoms with Gasteiger partial charge in [0.15, 0.2) is 4.96 Å². The van der Waals surface area contributed by atoms with Crippen LogP contribution in [0.5, 0.6) is 0 Å². The maximum atomic E-state index is 12.2. The molecular formula is C20H16N4O2S. The number of nitrogens with zero attached hydrogens (tertiary/aromatic N) is 4. The molecule has 0 unspecified atom stereocenters. The third-order valence-electron chi connectivity index (χ3n) is 4.28. The average molecular weight is 376 g/mol. The molecule has 4 heterocycles. The molecule has 6 nitrogen and oxygen atoms in total. The summed E-state index contributed by atoms with van der Waals surface area (Å²) in [5, 5.41) is 9.41. The molecule has 0 aliphatic heterocycles. The van der Waals surface area contributed by atoms with Gasteiger partial charge in [-0.25, -0.2) is 9.78 Å². The second kappa shape index (κ2) is 6.74. The lowest BCUT2D eigenvalue weighted by molar-refractivity contribution is -0.138. The summed E-state index contributed by atoms with van der Waals surface area (Å²) in [7, 11) is 0. The van der Waals surface area contributed by atoms with Crippen LogP contribution < -0.4 is 0 Å². The Hall–Kier alpha value is -3.37. The number of ether oxygens (including phenoxy) is 1. The summed E-state index contributed by atoms with van der Waals surface area (Å²) in [6.45, 7) is 3.98. The van der Waals surface area contributed by atoms with Crippen molar-refractivity contribution in [3.8, 4) is 6.07 Å². The lowest BCUT2D eigenvalue weighted by Gasteiger charge is -2.00. The largest absolute Gasteiger partial charge is 0.458 e. The molecule has 0 atom stereocenters. The highest BCUT2D eigenvalue weighted by atomic mass is 32.1. The van der Waals surface area contributed by atoms with Crippen molar-refractivity contribution in [3.63, 3.8) is 0 Å². The number of thiazole rings is 1. The number of hydrogen-bond acceptors (Lipinski definition) is 5. The molecular weight excluding hydrogens is 360 g/mol. The highest BCUT2D eigenvalue weighted by Crippen LogP contribution is 2.22. The van der Waals surface area contributed by atoms with Crippen LogP contribution in [0, 0.1) is 25.2 Å². The maximum Gasteiger partial charge on any atom is 0.331 e. The van der Waals surface area contributed by atoms with E-state index in [-0.39, 0.29) is 6.61 Å². The van der Waals surface area contributed by atoms with E-state index in [1.54, 1.807) is 17.4 Å². The van der Waals surface area contributed by atoms with Gasteiger partial charge < -0.3 is 9.14 Å². The fraction of sp³-hybridized carbons (Fsp3) is 0.150. The first kappa shape index (κ1) is 17.1. The minimum atomic E-state index is -0.463. The Morgan fingerprint density at radius 1 is 1.37 bits per heavy atom. The summed E-state index contributed by atoms with van der Waals surface area (Å²) in [6.07, 6.45) is 8.77. The van der Waals surface area contributed by atoms with E-state index in [0.717, 1.165) is 26.7 Å². The smallest absolute Gasteiger partial charge is 0.331 e. The van der Waals surface area contributed by atoms with Crippen LogP contribution >= 0.6 is 11.3 Å². The zero-order valence-electron chi connectivity index (χ0n) is 14.8. The highest BCUT2D eigenvalue weighted by Gasteiger charge is 2.12. The molecule has 0 aliphatic rings. The molecule has 4 aromatic heterocycles. The molecule has 0 saturated carbocycles. The molecule has 0 aromatic carbocycles.